The van der Waals surface area contributed by atoms with Gasteiger partial charge in [-0.3, -0.25) is 4.90 Å². The molecule has 1 aliphatic rings. The molecule has 1 atom stereocenters. The molecule has 0 radical (unpaired) electrons. The molecule has 1 aliphatic heterocycles. The van der Waals surface area contributed by atoms with Gasteiger partial charge in [-0.25, -0.2) is 0 Å². The highest BCUT2D eigenvalue weighted by molar-refractivity contribution is 5.39. The summed E-state index contributed by atoms with van der Waals surface area (Å²) in [6, 6.07) is 6.05. The van der Waals surface area contributed by atoms with E-state index in [1.165, 1.54) is 38.8 Å². The monoisotopic (exact) mass is 247 g/mol. The summed E-state index contributed by atoms with van der Waals surface area (Å²) in [5.41, 5.74) is 2.05. The van der Waals surface area contributed by atoms with Gasteiger partial charge in [0.1, 0.15) is 5.75 Å². The number of benzene rings is 1. The Labute approximate surface area is 111 Å². The van der Waals surface area contributed by atoms with Crippen molar-refractivity contribution in [1.29, 1.82) is 0 Å². The molecule has 1 aromatic carbocycles. The largest absolute Gasteiger partial charge is 0.507 e. The Morgan fingerprint density at radius 3 is 2.89 bits per heavy atom. The standard InChI is InChI=1S/C16H25NO/c1-3-14-7-5-10-17(11-9-14)12-15-8-4-6-13(2)16(15)18/h4,6,8,14,18H,3,5,7,9-12H2,1-2H3. The highest BCUT2D eigenvalue weighted by Crippen LogP contribution is 2.25. The van der Waals surface area contributed by atoms with Crippen LogP contribution in [0.3, 0.4) is 0 Å². The van der Waals surface area contributed by atoms with Crippen LogP contribution in [0.15, 0.2) is 18.2 Å². The lowest BCUT2D eigenvalue weighted by atomic mass is 9.98. The lowest BCUT2D eigenvalue weighted by Crippen LogP contribution is -2.24. The Hall–Kier alpha value is -1.02. The van der Waals surface area contributed by atoms with Crippen molar-refractivity contribution in [1.82, 2.24) is 4.90 Å². The van der Waals surface area contributed by atoms with Crippen LogP contribution in [-0.2, 0) is 6.54 Å². The fourth-order valence-corrected chi connectivity index (χ4v) is 2.88. The molecular formula is C16H25NO. The molecule has 0 spiro atoms. The van der Waals surface area contributed by atoms with Gasteiger partial charge in [-0.2, -0.15) is 0 Å². The number of phenolic OH excluding ortho intramolecular Hbond substituents is 1. The number of rotatable bonds is 3. The predicted octanol–water partition coefficient (Wildman–Crippen LogP) is 3.71. The summed E-state index contributed by atoms with van der Waals surface area (Å²) >= 11 is 0. The molecule has 2 rings (SSSR count). The first-order chi connectivity index (χ1) is 8.70. The van der Waals surface area contributed by atoms with Crippen molar-refractivity contribution in [3.63, 3.8) is 0 Å². The summed E-state index contributed by atoms with van der Waals surface area (Å²) in [7, 11) is 0. The van der Waals surface area contributed by atoms with Crippen LogP contribution < -0.4 is 0 Å². The third-order valence-electron chi connectivity index (χ3n) is 4.23. The van der Waals surface area contributed by atoms with E-state index in [1.807, 2.05) is 25.1 Å². The first-order valence-corrected chi connectivity index (χ1v) is 7.20. The predicted molar refractivity (Wildman–Crippen MR) is 75.8 cm³/mol. The van der Waals surface area contributed by atoms with Crippen LogP contribution in [0.4, 0.5) is 0 Å². The fraction of sp³-hybridized carbons (Fsp3) is 0.625. The normalized spacial score (nSPS) is 21.8. The van der Waals surface area contributed by atoms with Crippen LogP contribution in [-0.4, -0.2) is 23.1 Å². The molecule has 0 bridgehead atoms. The number of nitrogens with zero attached hydrogens (tertiary/aromatic N) is 1. The van der Waals surface area contributed by atoms with E-state index in [9.17, 15) is 5.11 Å². The van der Waals surface area contributed by atoms with Gasteiger partial charge in [0, 0.05) is 12.1 Å². The zero-order valence-corrected chi connectivity index (χ0v) is 11.7. The van der Waals surface area contributed by atoms with Gasteiger partial charge in [-0.05, 0) is 50.8 Å². The second-order valence-electron chi connectivity index (χ2n) is 5.56. The van der Waals surface area contributed by atoms with E-state index >= 15 is 0 Å². The summed E-state index contributed by atoms with van der Waals surface area (Å²) in [6.45, 7) is 7.50. The molecular weight excluding hydrogens is 222 g/mol. The Kier molecular flexibility index (Phi) is 4.65. The number of likely N-dealkylation sites (tertiary alicyclic amines) is 1. The van der Waals surface area contributed by atoms with Crippen LogP contribution in [0.1, 0.15) is 43.7 Å². The summed E-state index contributed by atoms with van der Waals surface area (Å²) in [6.07, 6.45) is 5.28. The first-order valence-electron chi connectivity index (χ1n) is 7.20. The van der Waals surface area contributed by atoms with E-state index in [0.717, 1.165) is 23.6 Å². The second kappa shape index (κ2) is 6.24. The Morgan fingerprint density at radius 1 is 1.28 bits per heavy atom. The third-order valence-corrected chi connectivity index (χ3v) is 4.23. The number of aryl methyl sites for hydroxylation is 1. The maximum atomic E-state index is 10.1. The first kappa shape index (κ1) is 13.4. The minimum Gasteiger partial charge on any atom is -0.507 e. The molecule has 0 saturated carbocycles. The molecule has 100 valence electrons. The molecule has 1 heterocycles. The molecule has 1 fully saturated rings. The van der Waals surface area contributed by atoms with Crippen molar-refractivity contribution >= 4 is 0 Å². The fourth-order valence-electron chi connectivity index (χ4n) is 2.88. The van der Waals surface area contributed by atoms with Crippen molar-refractivity contribution in [3.8, 4) is 5.75 Å². The zero-order valence-electron chi connectivity index (χ0n) is 11.7. The Balaban J connectivity index is 1.99. The van der Waals surface area contributed by atoms with E-state index < -0.39 is 0 Å². The van der Waals surface area contributed by atoms with Crippen molar-refractivity contribution < 1.29 is 5.11 Å². The third kappa shape index (κ3) is 3.26. The van der Waals surface area contributed by atoms with Gasteiger partial charge in [0.2, 0.25) is 0 Å². The minimum atomic E-state index is 0.480. The summed E-state index contributed by atoms with van der Waals surface area (Å²) in [5, 5.41) is 10.1. The number of aromatic hydroxyl groups is 1. The highest BCUT2D eigenvalue weighted by Gasteiger charge is 2.16. The van der Waals surface area contributed by atoms with E-state index in [4.69, 9.17) is 0 Å². The minimum absolute atomic E-state index is 0.480. The molecule has 0 aromatic heterocycles. The summed E-state index contributed by atoms with van der Waals surface area (Å²) in [5.74, 6) is 1.38. The van der Waals surface area contributed by atoms with Gasteiger partial charge >= 0.3 is 0 Å². The SMILES string of the molecule is CCC1CCCN(Cc2cccc(C)c2O)CC1. The molecule has 18 heavy (non-hydrogen) atoms. The van der Waals surface area contributed by atoms with Gasteiger partial charge in [-0.15, -0.1) is 0 Å². The van der Waals surface area contributed by atoms with Crippen molar-refractivity contribution in [3.05, 3.63) is 29.3 Å². The maximum Gasteiger partial charge on any atom is 0.122 e. The topological polar surface area (TPSA) is 23.5 Å². The number of hydrogen-bond acceptors (Lipinski definition) is 2. The van der Waals surface area contributed by atoms with Crippen LogP contribution >= 0.6 is 0 Å². The Bertz CT molecular complexity index is 389. The van der Waals surface area contributed by atoms with E-state index in [1.54, 1.807) is 0 Å². The number of phenols is 1. The second-order valence-corrected chi connectivity index (χ2v) is 5.56. The smallest absolute Gasteiger partial charge is 0.122 e. The molecule has 2 nitrogen and oxygen atoms in total. The summed E-state index contributed by atoms with van der Waals surface area (Å²) < 4.78 is 0. The van der Waals surface area contributed by atoms with Gasteiger partial charge in [0.25, 0.3) is 0 Å². The van der Waals surface area contributed by atoms with E-state index in [-0.39, 0.29) is 0 Å². The zero-order chi connectivity index (χ0) is 13.0. The van der Waals surface area contributed by atoms with E-state index in [2.05, 4.69) is 11.8 Å². The van der Waals surface area contributed by atoms with Gasteiger partial charge in [-0.1, -0.05) is 31.5 Å². The maximum absolute atomic E-state index is 10.1. The Morgan fingerprint density at radius 2 is 2.11 bits per heavy atom. The van der Waals surface area contributed by atoms with Crippen molar-refractivity contribution in [2.75, 3.05) is 13.1 Å². The summed E-state index contributed by atoms with van der Waals surface area (Å²) in [4.78, 5) is 2.49. The lowest BCUT2D eigenvalue weighted by Gasteiger charge is -2.21. The average Bonchev–Trinajstić information content (AvgIpc) is 2.60. The van der Waals surface area contributed by atoms with Crippen LogP contribution in [0.2, 0.25) is 0 Å². The lowest BCUT2D eigenvalue weighted by molar-refractivity contribution is 0.268. The molecule has 1 unspecified atom stereocenters. The van der Waals surface area contributed by atoms with Crippen LogP contribution in [0.25, 0.3) is 0 Å². The van der Waals surface area contributed by atoms with Gasteiger partial charge in [0.15, 0.2) is 0 Å². The van der Waals surface area contributed by atoms with Gasteiger partial charge < -0.3 is 5.11 Å². The average molecular weight is 247 g/mol. The van der Waals surface area contributed by atoms with E-state index in [0.29, 0.717) is 5.75 Å². The molecule has 1 saturated heterocycles. The molecule has 0 amide bonds. The molecule has 0 aliphatic carbocycles. The van der Waals surface area contributed by atoms with Crippen LogP contribution in [0.5, 0.6) is 5.75 Å². The molecule has 1 aromatic rings. The van der Waals surface area contributed by atoms with Crippen molar-refractivity contribution in [2.45, 2.75) is 46.1 Å². The highest BCUT2D eigenvalue weighted by atomic mass is 16.3. The quantitative estimate of drug-likeness (QED) is 0.880. The van der Waals surface area contributed by atoms with Crippen molar-refractivity contribution in [2.24, 2.45) is 5.92 Å². The van der Waals surface area contributed by atoms with Crippen LogP contribution in [0, 0.1) is 12.8 Å². The molecule has 2 heteroatoms. The number of para-hydroxylation sites is 1. The molecule has 1 N–H and O–H groups in total. The number of hydrogen-bond donors (Lipinski definition) is 1. The van der Waals surface area contributed by atoms with Gasteiger partial charge in [0.05, 0.1) is 0 Å².